The lowest BCUT2D eigenvalue weighted by molar-refractivity contribution is -0.123. The number of nitrogens with one attached hydrogen (secondary N) is 2. The minimum atomic E-state index is -0.0945. The lowest BCUT2D eigenvalue weighted by Crippen LogP contribution is -2.31. The van der Waals surface area contributed by atoms with Crippen LogP contribution in [0.5, 0.6) is 11.5 Å². The first-order chi connectivity index (χ1) is 11.0. The van der Waals surface area contributed by atoms with E-state index in [1.54, 1.807) is 0 Å². The molecular weight excluding hydrogens is 364 g/mol. The highest BCUT2D eigenvalue weighted by Gasteiger charge is 2.38. The van der Waals surface area contributed by atoms with Gasteiger partial charge in [-0.15, -0.1) is 0 Å². The van der Waals surface area contributed by atoms with Crippen LogP contribution in [0.2, 0.25) is 0 Å². The number of carbonyl (C=O) groups is 2. The zero-order valence-electron chi connectivity index (χ0n) is 12.9. The van der Waals surface area contributed by atoms with Crippen LogP contribution in [-0.2, 0) is 16.1 Å². The maximum atomic E-state index is 11.8. The van der Waals surface area contributed by atoms with Crippen molar-refractivity contribution in [2.75, 3.05) is 13.3 Å². The number of halogens is 1. The molecule has 0 unspecified atom stereocenters. The van der Waals surface area contributed by atoms with Gasteiger partial charge in [-0.25, -0.2) is 0 Å². The maximum absolute atomic E-state index is 11.8. The first kappa shape index (κ1) is 16.1. The van der Waals surface area contributed by atoms with Crippen molar-refractivity contribution in [2.24, 2.45) is 11.8 Å². The zero-order valence-corrected chi connectivity index (χ0v) is 14.4. The molecule has 2 aliphatic rings. The van der Waals surface area contributed by atoms with Gasteiger partial charge in [0.1, 0.15) is 0 Å². The molecule has 6 nitrogen and oxygen atoms in total. The average Bonchev–Trinajstić information content (AvgIpc) is 3.06. The normalized spacial score (nSPS) is 21.0. The highest BCUT2D eigenvalue weighted by Crippen LogP contribution is 2.40. The average molecular weight is 383 g/mol. The molecule has 2 atom stereocenters. The molecule has 0 spiro atoms. The molecule has 23 heavy (non-hydrogen) atoms. The van der Waals surface area contributed by atoms with E-state index in [2.05, 4.69) is 33.5 Å². The number of carbonyl (C=O) groups excluding carboxylic acids is 2. The second-order valence-corrected chi connectivity index (χ2v) is 6.80. The minimum Gasteiger partial charge on any atom is -0.454 e. The van der Waals surface area contributed by atoms with Crippen molar-refractivity contribution in [2.45, 2.75) is 26.3 Å². The summed E-state index contributed by atoms with van der Waals surface area (Å²) in [5, 5.41) is 5.64. The van der Waals surface area contributed by atoms with E-state index >= 15 is 0 Å². The molecule has 1 fully saturated rings. The molecule has 1 heterocycles. The molecule has 2 N–H and O–H groups in total. The van der Waals surface area contributed by atoms with Crippen LogP contribution in [0.15, 0.2) is 16.6 Å². The predicted octanol–water partition coefficient (Wildman–Crippen LogP) is 1.96. The van der Waals surface area contributed by atoms with Gasteiger partial charge in [0.2, 0.25) is 18.6 Å². The smallest absolute Gasteiger partial charge is 0.231 e. The Hall–Kier alpha value is -1.76. The van der Waals surface area contributed by atoms with E-state index in [9.17, 15) is 9.59 Å². The van der Waals surface area contributed by atoms with Crippen molar-refractivity contribution in [3.63, 3.8) is 0 Å². The van der Waals surface area contributed by atoms with E-state index in [1.807, 2.05) is 12.1 Å². The lowest BCUT2D eigenvalue weighted by Gasteiger charge is -2.08. The summed E-state index contributed by atoms with van der Waals surface area (Å²) >= 11 is 3.42. The van der Waals surface area contributed by atoms with Crippen molar-refractivity contribution >= 4 is 27.7 Å². The Bertz CT molecular complexity index is 635. The first-order valence-corrected chi connectivity index (χ1v) is 8.46. The Labute approximate surface area is 143 Å². The Morgan fingerprint density at radius 2 is 2.09 bits per heavy atom. The second kappa shape index (κ2) is 6.78. The standard InChI is InChI=1S/C16H19BrN2O4/c1-9-4-11(9)16(21)18-3-2-14(20)19-7-10-5-12(17)15-13(6-10)22-8-23-15/h5-6,9,11H,2-4,7-8H2,1H3,(H,18,21)(H,19,20)/t9-,11+/m1/s1. The maximum Gasteiger partial charge on any atom is 0.231 e. The third-order valence-electron chi connectivity index (χ3n) is 4.07. The molecule has 7 heteroatoms. The van der Waals surface area contributed by atoms with E-state index in [0.29, 0.717) is 30.5 Å². The predicted molar refractivity (Wildman–Crippen MR) is 87.0 cm³/mol. The highest BCUT2D eigenvalue weighted by atomic mass is 79.9. The first-order valence-electron chi connectivity index (χ1n) is 7.67. The number of benzene rings is 1. The molecule has 2 amide bonds. The fraction of sp³-hybridized carbons (Fsp3) is 0.500. The van der Waals surface area contributed by atoms with Gasteiger partial charge >= 0.3 is 0 Å². The van der Waals surface area contributed by atoms with Crippen LogP contribution in [0.1, 0.15) is 25.3 Å². The van der Waals surface area contributed by atoms with Crippen molar-refractivity contribution < 1.29 is 19.1 Å². The van der Waals surface area contributed by atoms with Crippen LogP contribution < -0.4 is 20.1 Å². The van der Waals surface area contributed by atoms with Crippen LogP contribution in [0, 0.1) is 11.8 Å². The molecule has 0 saturated heterocycles. The highest BCUT2D eigenvalue weighted by molar-refractivity contribution is 9.10. The van der Waals surface area contributed by atoms with Crippen LogP contribution >= 0.6 is 15.9 Å². The fourth-order valence-corrected chi connectivity index (χ4v) is 3.13. The third-order valence-corrected chi connectivity index (χ3v) is 4.66. The Morgan fingerprint density at radius 1 is 1.30 bits per heavy atom. The number of ether oxygens (including phenoxy) is 2. The quantitative estimate of drug-likeness (QED) is 0.788. The molecule has 1 aromatic rings. The summed E-state index contributed by atoms with van der Waals surface area (Å²) in [6.45, 7) is 3.05. The summed E-state index contributed by atoms with van der Waals surface area (Å²) in [5.74, 6) is 1.96. The summed E-state index contributed by atoms with van der Waals surface area (Å²) in [7, 11) is 0. The van der Waals surface area contributed by atoms with Gasteiger partial charge in [-0.05, 0) is 46.0 Å². The molecule has 0 aromatic heterocycles. The topological polar surface area (TPSA) is 76.7 Å². The summed E-state index contributed by atoms with van der Waals surface area (Å²) in [6, 6.07) is 3.74. The molecule has 1 aliphatic carbocycles. The van der Waals surface area contributed by atoms with E-state index in [0.717, 1.165) is 16.5 Å². The molecule has 1 aliphatic heterocycles. The number of amides is 2. The lowest BCUT2D eigenvalue weighted by atomic mass is 10.2. The van der Waals surface area contributed by atoms with Gasteiger partial charge in [0.25, 0.3) is 0 Å². The van der Waals surface area contributed by atoms with Gasteiger partial charge in [-0.1, -0.05) is 6.92 Å². The van der Waals surface area contributed by atoms with E-state index in [1.165, 1.54) is 0 Å². The van der Waals surface area contributed by atoms with E-state index in [4.69, 9.17) is 9.47 Å². The van der Waals surface area contributed by atoms with Crippen LogP contribution in [0.25, 0.3) is 0 Å². The third kappa shape index (κ3) is 3.96. The Balaban J connectivity index is 1.41. The van der Waals surface area contributed by atoms with Crippen molar-refractivity contribution in [3.8, 4) is 11.5 Å². The Morgan fingerprint density at radius 3 is 2.83 bits per heavy atom. The molecule has 124 valence electrons. The zero-order chi connectivity index (χ0) is 16.4. The second-order valence-electron chi connectivity index (χ2n) is 5.95. The van der Waals surface area contributed by atoms with Gasteiger partial charge in [-0.2, -0.15) is 0 Å². The summed E-state index contributed by atoms with van der Waals surface area (Å²) in [5.41, 5.74) is 0.922. The largest absolute Gasteiger partial charge is 0.454 e. The monoisotopic (exact) mass is 382 g/mol. The fourth-order valence-electron chi connectivity index (χ4n) is 2.53. The van der Waals surface area contributed by atoms with Gasteiger partial charge in [-0.3, -0.25) is 9.59 Å². The van der Waals surface area contributed by atoms with Gasteiger partial charge < -0.3 is 20.1 Å². The van der Waals surface area contributed by atoms with Gasteiger partial charge in [0.05, 0.1) is 4.47 Å². The number of fused-ring (bicyclic) bond motifs is 1. The van der Waals surface area contributed by atoms with E-state index in [-0.39, 0.29) is 30.9 Å². The molecule has 0 radical (unpaired) electrons. The Kier molecular flexibility index (Phi) is 4.75. The van der Waals surface area contributed by atoms with Gasteiger partial charge in [0, 0.05) is 25.4 Å². The molecule has 1 saturated carbocycles. The molecular formula is C16H19BrN2O4. The summed E-state index contributed by atoms with van der Waals surface area (Å²) in [6.07, 6.45) is 1.23. The molecule has 0 bridgehead atoms. The summed E-state index contributed by atoms with van der Waals surface area (Å²) in [4.78, 5) is 23.5. The molecule has 3 rings (SSSR count). The number of rotatable bonds is 6. The van der Waals surface area contributed by atoms with Crippen molar-refractivity contribution in [3.05, 3.63) is 22.2 Å². The van der Waals surface area contributed by atoms with Crippen LogP contribution in [0.4, 0.5) is 0 Å². The SMILES string of the molecule is C[C@@H]1C[C@@H]1C(=O)NCCC(=O)NCc1cc(Br)c2c(c1)OCO2. The van der Waals surface area contributed by atoms with Crippen molar-refractivity contribution in [1.29, 1.82) is 0 Å². The van der Waals surface area contributed by atoms with Crippen LogP contribution in [-0.4, -0.2) is 25.2 Å². The molecule has 1 aromatic carbocycles. The van der Waals surface area contributed by atoms with E-state index < -0.39 is 0 Å². The van der Waals surface area contributed by atoms with Gasteiger partial charge in [0.15, 0.2) is 11.5 Å². The van der Waals surface area contributed by atoms with Crippen molar-refractivity contribution in [1.82, 2.24) is 10.6 Å². The summed E-state index contributed by atoms with van der Waals surface area (Å²) < 4.78 is 11.5. The number of hydrogen-bond acceptors (Lipinski definition) is 4. The minimum absolute atomic E-state index is 0.0602. The number of hydrogen-bond donors (Lipinski definition) is 2. The van der Waals surface area contributed by atoms with Crippen LogP contribution in [0.3, 0.4) is 0 Å².